The van der Waals surface area contributed by atoms with Crippen molar-refractivity contribution < 1.29 is 14.3 Å². The summed E-state index contributed by atoms with van der Waals surface area (Å²) < 4.78 is 10.6. The molecule has 6 heteroatoms. The van der Waals surface area contributed by atoms with E-state index in [1.165, 1.54) is 0 Å². The van der Waals surface area contributed by atoms with Crippen molar-refractivity contribution in [1.29, 1.82) is 0 Å². The Morgan fingerprint density at radius 3 is 2.47 bits per heavy atom. The van der Waals surface area contributed by atoms with Crippen LogP contribution in [0.15, 0.2) is 82.6 Å². The van der Waals surface area contributed by atoms with E-state index in [1.54, 1.807) is 26.0 Å². The molecule has 0 aliphatic carbocycles. The van der Waals surface area contributed by atoms with E-state index in [1.807, 2.05) is 72.8 Å². The highest BCUT2D eigenvalue weighted by atomic mass is 32.2. The summed E-state index contributed by atoms with van der Waals surface area (Å²) in [5, 5.41) is 3.99. The molecule has 4 rings (SSSR count). The van der Waals surface area contributed by atoms with Gasteiger partial charge in [-0.3, -0.25) is 4.79 Å². The zero-order valence-electron chi connectivity index (χ0n) is 16.8. The van der Waals surface area contributed by atoms with Crippen LogP contribution in [0.2, 0.25) is 0 Å². The van der Waals surface area contributed by atoms with Crippen molar-refractivity contribution >= 4 is 28.6 Å². The van der Waals surface area contributed by atoms with E-state index in [9.17, 15) is 4.79 Å². The number of aromatic amines is 1. The predicted molar refractivity (Wildman–Crippen MR) is 120 cm³/mol. The van der Waals surface area contributed by atoms with Gasteiger partial charge in [0.15, 0.2) is 0 Å². The molecular formula is C24H22N2O3S. The Morgan fingerprint density at radius 1 is 0.933 bits per heavy atom. The standard InChI is InChI=1S/C24H22N2O3S/c1-28-17-8-6-7-16(13-17)15-25-24(27)22-23(30-19-9-4-3-5-10-19)20-12-11-18(29-2)14-21(20)26-22/h3-14,26H,15H2,1-2H3,(H,25,27). The first-order valence-electron chi connectivity index (χ1n) is 9.51. The van der Waals surface area contributed by atoms with Crippen LogP contribution in [-0.2, 0) is 6.54 Å². The Morgan fingerprint density at radius 2 is 1.70 bits per heavy atom. The van der Waals surface area contributed by atoms with E-state index in [4.69, 9.17) is 9.47 Å². The maximum atomic E-state index is 13.1. The molecule has 0 bridgehead atoms. The van der Waals surface area contributed by atoms with Gasteiger partial charge in [-0.2, -0.15) is 0 Å². The number of aromatic nitrogens is 1. The average molecular weight is 419 g/mol. The topological polar surface area (TPSA) is 63.3 Å². The molecule has 0 spiro atoms. The van der Waals surface area contributed by atoms with Gasteiger partial charge < -0.3 is 19.8 Å². The van der Waals surface area contributed by atoms with Gasteiger partial charge in [-0.25, -0.2) is 0 Å². The second-order valence-electron chi connectivity index (χ2n) is 6.69. The summed E-state index contributed by atoms with van der Waals surface area (Å²) in [4.78, 5) is 18.3. The van der Waals surface area contributed by atoms with Crippen molar-refractivity contribution in [1.82, 2.24) is 10.3 Å². The summed E-state index contributed by atoms with van der Waals surface area (Å²) >= 11 is 1.57. The predicted octanol–water partition coefficient (Wildman–Crippen LogP) is 5.27. The SMILES string of the molecule is COc1cccc(CNC(=O)c2[nH]c3cc(OC)ccc3c2Sc2ccccc2)c1. The van der Waals surface area contributed by atoms with Crippen molar-refractivity contribution in [3.05, 3.63) is 84.1 Å². The molecule has 0 fully saturated rings. The lowest BCUT2D eigenvalue weighted by Crippen LogP contribution is -2.23. The van der Waals surface area contributed by atoms with Crippen LogP contribution in [0.4, 0.5) is 0 Å². The largest absolute Gasteiger partial charge is 0.497 e. The average Bonchev–Trinajstić information content (AvgIpc) is 3.15. The van der Waals surface area contributed by atoms with Crippen LogP contribution in [0.1, 0.15) is 16.1 Å². The Labute approximate surface area is 179 Å². The number of amides is 1. The third-order valence-electron chi connectivity index (χ3n) is 4.74. The Kier molecular flexibility index (Phi) is 5.95. The first-order chi connectivity index (χ1) is 14.7. The Hall–Kier alpha value is -3.38. The van der Waals surface area contributed by atoms with Crippen LogP contribution in [0.3, 0.4) is 0 Å². The first-order valence-corrected chi connectivity index (χ1v) is 10.3. The van der Waals surface area contributed by atoms with Gasteiger partial charge in [0.05, 0.1) is 24.6 Å². The number of hydrogen-bond donors (Lipinski definition) is 2. The number of hydrogen-bond acceptors (Lipinski definition) is 4. The molecule has 0 aliphatic heterocycles. The van der Waals surface area contributed by atoms with Crippen LogP contribution in [0.5, 0.6) is 11.5 Å². The zero-order valence-corrected chi connectivity index (χ0v) is 17.6. The lowest BCUT2D eigenvalue weighted by Gasteiger charge is -2.08. The highest BCUT2D eigenvalue weighted by molar-refractivity contribution is 7.99. The van der Waals surface area contributed by atoms with Crippen LogP contribution >= 0.6 is 11.8 Å². The van der Waals surface area contributed by atoms with Gasteiger partial charge in [0.25, 0.3) is 5.91 Å². The number of H-pyrrole nitrogens is 1. The normalized spacial score (nSPS) is 10.7. The number of benzene rings is 3. The van der Waals surface area contributed by atoms with Gasteiger partial charge in [0, 0.05) is 22.9 Å². The minimum Gasteiger partial charge on any atom is -0.497 e. The lowest BCUT2D eigenvalue weighted by atomic mass is 10.2. The molecule has 30 heavy (non-hydrogen) atoms. The monoisotopic (exact) mass is 418 g/mol. The van der Waals surface area contributed by atoms with Gasteiger partial charge in [-0.1, -0.05) is 42.1 Å². The quantitative estimate of drug-likeness (QED) is 0.429. The number of nitrogens with one attached hydrogen (secondary N) is 2. The highest BCUT2D eigenvalue weighted by Crippen LogP contribution is 2.37. The third kappa shape index (κ3) is 4.28. The minimum absolute atomic E-state index is 0.161. The van der Waals surface area contributed by atoms with Crippen molar-refractivity contribution in [2.75, 3.05) is 14.2 Å². The van der Waals surface area contributed by atoms with Gasteiger partial charge in [-0.15, -0.1) is 0 Å². The molecule has 3 aromatic carbocycles. The molecule has 2 N–H and O–H groups in total. The van der Waals surface area contributed by atoms with Crippen LogP contribution in [0, 0.1) is 0 Å². The molecule has 0 unspecified atom stereocenters. The molecule has 0 saturated heterocycles. The fraction of sp³-hybridized carbons (Fsp3) is 0.125. The second kappa shape index (κ2) is 8.97. The summed E-state index contributed by atoms with van der Waals surface area (Å²) in [6, 6.07) is 23.5. The highest BCUT2D eigenvalue weighted by Gasteiger charge is 2.19. The molecule has 0 radical (unpaired) electrons. The number of ether oxygens (including phenoxy) is 2. The molecule has 1 heterocycles. The van der Waals surface area contributed by atoms with Crippen LogP contribution in [0.25, 0.3) is 10.9 Å². The van der Waals surface area contributed by atoms with Crippen LogP contribution < -0.4 is 14.8 Å². The fourth-order valence-electron chi connectivity index (χ4n) is 3.20. The minimum atomic E-state index is -0.161. The molecule has 1 aromatic heterocycles. The second-order valence-corrected chi connectivity index (χ2v) is 7.77. The number of carbonyl (C=O) groups is 1. The molecular weight excluding hydrogens is 396 g/mol. The van der Waals surface area contributed by atoms with Crippen molar-refractivity contribution in [2.24, 2.45) is 0 Å². The smallest absolute Gasteiger partial charge is 0.269 e. The molecule has 4 aromatic rings. The lowest BCUT2D eigenvalue weighted by molar-refractivity contribution is 0.0944. The fourth-order valence-corrected chi connectivity index (χ4v) is 4.27. The first kappa shape index (κ1) is 19.9. The number of methoxy groups -OCH3 is 2. The summed E-state index contributed by atoms with van der Waals surface area (Å²) in [5.41, 5.74) is 2.37. The molecule has 0 atom stereocenters. The maximum Gasteiger partial charge on any atom is 0.269 e. The summed E-state index contributed by atoms with van der Waals surface area (Å²) in [6.07, 6.45) is 0. The maximum absolute atomic E-state index is 13.1. The summed E-state index contributed by atoms with van der Waals surface area (Å²) in [6.45, 7) is 0.407. The molecule has 0 saturated carbocycles. The van der Waals surface area contributed by atoms with Gasteiger partial charge in [0.2, 0.25) is 0 Å². The molecule has 0 aliphatic rings. The number of fused-ring (bicyclic) bond motifs is 1. The Balaban J connectivity index is 1.65. The van der Waals surface area contributed by atoms with Crippen molar-refractivity contribution in [3.63, 3.8) is 0 Å². The third-order valence-corrected chi connectivity index (χ3v) is 5.87. The van der Waals surface area contributed by atoms with Crippen LogP contribution in [-0.4, -0.2) is 25.1 Å². The number of rotatable bonds is 7. The van der Waals surface area contributed by atoms with Crippen molar-refractivity contribution in [3.8, 4) is 11.5 Å². The van der Waals surface area contributed by atoms with E-state index in [-0.39, 0.29) is 5.91 Å². The number of carbonyl (C=O) groups excluding carboxylic acids is 1. The summed E-state index contributed by atoms with van der Waals surface area (Å²) in [7, 11) is 3.26. The van der Waals surface area contributed by atoms with E-state index < -0.39 is 0 Å². The molecule has 152 valence electrons. The van der Waals surface area contributed by atoms with Crippen molar-refractivity contribution in [2.45, 2.75) is 16.3 Å². The van der Waals surface area contributed by atoms with Gasteiger partial charge in [0.1, 0.15) is 17.2 Å². The zero-order chi connectivity index (χ0) is 20.9. The van der Waals surface area contributed by atoms with E-state index in [2.05, 4.69) is 10.3 Å². The molecule has 1 amide bonds. The van der Waals surface area contributed by atoms with Gasteiger partial charge >= 0.3 is 0 Å². The molecule has 5 nitrogen and oxygen atoms in total. The summed E-state index contributed by atoms with van der Waals surface area (Å²) in [5.74, 6) is 1.34. The van der Waals surface area contributed by atoms with E-state index in [0.29, 0.717) is 12.2 Å². The van der Waals surface area contributed by atoms with Gasteiger partial charge in [-0.05, 0) is 42.0 Å². The van der Waals surface area contributed by atoms with E-state index >= 15 is 0 Å². The van der Waals surface area contributed by atoms with E-state index in [0.717, 1.165) is 37.8 Å². The Bertz CT molecular complexity index is 1170.